The van der Waals surface area contributed by atoms with Crippen molar-refractivity contribution in [3.63, 3.8) is 0 Å². The van der Waals surface area contributed by atoms with Gasteiger partial charge in [-0.15, -0.1) is 10.2 Å². The van der Waals surface area contributed by atoms with Gasteiger partial charge in [-0.25, -0.2) is 0 Å². The van der Waals surface area contributed by atoms with Crippen LogP contribution in [0.5, 0.6) is 17.2 Å². The topological polar surface area (TPSA) is 70.8 Å². The summed E-state index contributed by atoms with van der Waals surface area (Å²) in [5.74, 6) is 2.74. The predicted molar refractivity (Wildman–Crippen MR) is 114 cm³/mol. The number of benzene rings is 2. The molecule has 0 aliphatic carbocycles. The summed E-state index contributed by atoms with van der Waals surface area (Å²) in [6.45, 7) is 4.21. The van der Waals surface area contributed by atoms with Crippen molar-refractivity contribution in [2.75, 3.05) is 13.4 Å². The van der Waals surface area contributed by atoms with Crippen molar-refractivity contribution in [1.82, 2.24) is 14.9 Å². The second kappa shape index (κ2) is 9.97. The van der Waals surface area contributed by atoms with Crippen LogP contribution in [0, 0.1) is 0 Å². The van der Waals surface area contributed by atoms with Gasteiger partial charge in [0.1, 0.15) is 12.4 Å². The maximum Gasteiger partial charge on any atom is 0.211 e. The number of rotatable bonds is 9. The van der Waals surface area contributed by atoms with Crippen molar-refractivity contribution in [2.24, 2.45) is 5.10 Å². The molecule has 29 heavy (non-hydrogen) atoms. The van der Waals surface area contributed by atoms with Gasteiger partial charge in [-0.2, -0.15) is 9.78 Å². The summed E-state index contributed by atoms with van der Waals surface area (Å²) in [6, 6.07) is 15.3. The molecular formula is C21H24N4O3S. The van der Waals surface area contributed by atoms with E-state index >= 15 is 0 Å². The van der Waals surface area contributed by atoms with E-state index in [-0.39, 0.29) is 12.7 Å². The second-order valence-electron chi connectivity index (χ2n) is 6.34. The zero-order valence-electron chi connectivity index (χ0n) is 16.9. The number of thioether (sulfide) groups is 1. The second-order valence-corrected chi connectivity index (χ2v) is 7.11. The van der Waals surface area contributed by atoms with Crippen molar-refractivity contribution in [3.8, 4) is 17.2 Å². The highest BCUT2D eigenvalue weighted by atomic mass is 32.2. The molecule has 0 bridgehead atoms. The average molecular weight is 413 g/mol. The van der Waals surface area contributed by atoms with Gasteiger partial charge in [0, 0.05) is 0 Å². The minimum absolute atomic E-state index is 0.0405. The molecule has 0 spiro atoms. The summed E-state index contributed by atoms with van der Waals surface area (Å²) in [5.41, 5.74) is 0.872. The molecule has 0 saturated carbocycles. The number of para-hydroxylation sites is 1. The lowest BCUT2D eigenvalue weighted by Crippen LogP contribution is -2.07. The maximum atomic E-state index is 5.83. The lowest BCUT2D eigenvalue weighted by molar-refractivity contribution is 0.230. The van der Waals surface area contributed by atoms with E-state index in [1.807, 2.05) is 68.6 Å². The minimum atomic E-state index is 0.0405. The van der Waals surface area contributed by atoms with Crippen molar-refractivity contribution in [3.05, 3.63) is 59.9 Å². The highest BCUT2D eigenvalue weighted by Crippen LogP contribution is 2.28. The third kappa shape index (κ3) is 5.51. The van der Waals surface area contributed by atoms with Gasteiger partial charge in [-0.1, -0.05) is 30.0 Å². The third-order valence-corrected chi connectivity index (χ3v) is 4.46. The first-order chi connectivity index (χ1) is 14.1. The number of nitrogens with zero attached hydrogens (tertiary/aromatic N) is 4. The zero-order chi connectivity index (χ0) is 20.6. The molecule has 0 radical (unpaired) electrons. The van der Waals surface area contributed by atoms with E-state index in [2.05, 4.69) is 15.3 Å². The van der Waals surface area contributed by atoms with Gasteiger partial charge >= 0.3 is 0 Å². The van der Waals surface area contributed by atoms with Gasteiger partial charge in [-0.3, -0.25) is 0 Å². The Morgan fingerprint density at radius 1 is 1.10 bits per heavy atom. The monoisotopic (exact) mass is 412 g/mol. The number of ether oxygens (including phenoxy) is 3. The molecule has 2 aromatic carbocycles. The van der Waals surface area contributed by atoms with Crippen LogP contribution in [0.4, 0.5) is 0 Å². The van der Waals surface area contributed by atoms with Crippen LogP contribution >= 0.6 is 11.8 Å². The van der Waals surface area contributed by atoms with E-state index in [0.29, 0.717) is 22.5 Å². The summed E-state index contributed by atoms with van der Waals surface area (Å²) in [5, 5.41) is 13.6. The highest BCUT2D eigenvalue weighted by molar-refractivity contribution is 7.98. The standard InChI is InChI=1S/C21H24N4O3S/c1-15(2)28-19-12-16(10-11-18(19)26-3)13-22-25-20(23-24-21(25)29-4)14-27-17-8-6-5-7-9-17/h5-13,15H,14H2,1-4H3/b22-13-. The van der Waals surface area contributed by atoms with Gasteiger partial charge in [0.2, 0.25) is 5.16 Å². The van der Waals surface area contributed by atoms with E-state index in [1.54, 1.807) is 18.0 Å². The molecule has 1 aromatic heterocycles. The van der Waals surface area contributed by atoms with Crippen LogP contribution in [-0.2, 0) is 6.61 Å². The Bertz CT molecular complexity index is 958. The third-order valence-electron chi connectivity index (χ3n) is 3.84. The van der Waals surface area contributed by atoms with Gasteiger partial charge < -0.3 is 14.2 Å². The molecule has 3 rings (SSSR count). The minimum Gasteiger partial charge on any atom is -0.493 e. The van der Waals surface area contributed by atoms with E-state index in [0.717, 1.165) is 11.3 Å². The Hall–Kier alpha value is -3.00. The molecule has 0 aliphatic rings. The summed E-state index contributed by atoms with van der Waals surface area (Å²) in [6.07, 6.45) is 3.71. The molecule has 0 saturated heterocycles. The average Bonchev–Trinajstić information content (AvgIpc) is 3.13. The summed E-state index contributed by atoms with van der Waals surface area (Å²) < 4.78 is 18.7. The molecule has 0 atom stereocenters. The zero-order valence-corrected chi connectivity index (χ0v) is 17.7. The fourth-order valence-corrected chi connectivity index (χ4v) is 2.99. The normalized spacial score (nSPS) is 11.2. The highest BCUT2D eigenvalue weighted by Gasteiger charge is 2.12. The lowest BCUT2D eigenvalue weighted by atomic mass is 10.2. The Morgan fingerprint density at radius 2 is 1.90 bits per heavy atom. The molecule has 0 aliphatic heterocycles. The van der Waals surface area contributed by atoms with Crippen molar-refractivity contribution in [1.29, 1.82) is 0 Å². The molecule has 152 valence electrons. The smallest absolute Gasteiger partial charge is 0.211 e. The number of hydrogen-bond acceptors (Lipinski definition) is 7. The van der Waals surface area contributed by atoms with Crippen LogP contribution in [0.15, 0.2) is 58.8 Å². The van der Waals surface area contributed by atoms with E-state index < -0.39 is 0 Å². The molecule has 1 heterocycles. The molecule has 0 unspecified atom stereocenters. The van der Waals surface area contributed by atoms with Gasteiger partial charge in [-0.05, 0) is 56.0 Å². The van der Waals surface area contributed by atoms with Crippen LogP contribution in [0.25, 0.3) is 0 Å². The number of hydrogen-bond donors (Lipinski definition) is 0. The summed E-state index contributed by atoms with van der Waals surface area (Å²) >= 11 is 1.47. The number of aromatic nitrogens is 3. The Labute approximate surface area is 174 Å². The molecule has 8 heteroatoms. The molecule has 0 fully saturated rings. The first kappa shape index (κ1) is 20.7. The quantitative estimate of drug-likeness (QED) is 0.386. The number of methoxy groups -OCH3 is 1. The molecule has 0 amide bonds. The Kier molecular flexibility index (Phi) is 7.13. The SMILES string of the molecule is COc1ccc(/C=N\n2c(COc3ccccc3)nnc2SC)cc1OC(C)C. The summed E-state index contributed by atoms with van der Waals surface area (Å²) in [7, 11) is 1.62. The van der Waals surface area contributed by atoms with Crippen LogP contribution in [-0.4, -0.2) is 40.6 Å². The van der Waals surface area contributed by atoms with Crippen molar-refractivity contribution < 1.29 is 14.2 Å². The largest absolute Gasteiger partial charge is 0.493 e. The van der Waals surface area contributed by atoms with Gasteiger partial charge in [0.25, 0.3) is 0 Å². The van der Waals surface area contributed by atoms with Crippen LogP contribution < -0.4 is 14.2 Å². The van der Waals surface area contributed by atoms with Crippen LogP contribution in [0.1, 0.15) is 25.2 Å². The molecule has 3 aromatic rings. The molecular weight excluding hydrogens is 388 g/mol. The first-order valence-corrected chi connectivity index (χ1v) is 10.4. The van der Waals surface area contributed by atoms with Crippen molar-refractivity contribution in [2.45, 2.75) is 31.7 Å². The summed E-state index contributed by atoms with van der Waals surface area (Å²) in [4.78, 5) is 0. The van der Waals surface area contributed by atoms with E-state index in [4.69, 9.17) is 14.2 Å². The molecule has 7 nitrogen and oxygen atoms in total. The van der Waals surface area contributed by atoms with E-state index in [9.17, 15) is 0 Å². The van der Waals surface area contributed by atoms with E-state index in [1.165, 1.54) is 11.8 Å². The fourth-order valence-electron chi connectivity index (χ4n) is 2.54. The molecule has 0 N–H and O–H groups in total. The van der Waals surface area contributed by atoms with Gasteiger partial charge in [0.15, 0.2) is 17.3 Å². The van der Waals surface area contributed by atoms with Crippen LogP contribution in [0.2, 0.25) is 0 Å². The lowest BCUT2D eigenvalue weighted by Gasteiger charge is -2.13. The van der Waals surface area contributed by atoms with Crippen LogP contribution in [0.3, 0.4) is 0 Å². The Balaban J connectivity index is 1.81. The van der Waals surface area contributed by atoms with Crippen molar-refractivity contribution >= 4 is 18.0 Å². The predicted octanol–water partition coefficient (Wildman–Crippen LogP) is 4.26. The Morgan fingerprint density at radius 3 is 2.59 bits per heavy atom. The van der Waals surface area contributed by atoms with Gasteiger partial charge in [0.05, 0.1) is 19.4 Å². The first-order valence-electron chi connectivity index (χ1n) is 9.16. The maximum absolute atomic E-state index is 5.83. The fraction of sp³-hybridized carbons (Fsp3) is 0.286.